The smallest absolute Gasteiger partial charge is 0.151 e. The third kappa shape index (κ3) is 1.85. The number of rotatable bonds is 1. The van der Waals surface area contributed by atoms with Gasteiger partial charge in [0.25, 0.3) is 0 Å². The minimum Gasteiger partial charge on any atom is -0.398 e. The maximum absolute atomic E-state index is 13.7. The molecule has 5 heteroatoms. The van der Waals surface area contributed by atoms with Gasteiger partial charge in [0.1, 0.15) is 11.3 Å². The molecule has 19 heavy (non-hydrogen) atoms. The van der Waals surface area contributed by atoms with Crippen molar-refractivity contribution in [1.29, 1.82) is 0 Å². The van der Waals surface area contributed by atoms with Crippen LogP contribution in [0.4, 0.5) is 10.1 Å². The Kier molecular flexibility index (Phi) is 2.68. The van der Waals surface area contributed by atoms with Gasteiger partial charge in [-0.2, -0.15) is 0 Å². The Bertz CT molecular complexity index is 780. The Morgan fingerprint density at radius 1 is 1.26 bits per heavy atom. The van der Waals surface area contributed by atoms with Crippen LogP contribution in [-0.4, -0.2) is 9.55 Å². The first kappa shape index (κ1) is 12.0. The van der Waals surface area contributed by atoms with E-state index in [1.165, 1.54) is 6.07 Å². The number of nitrogens with two attached hydrogens (primary N) is 1. The average molecular weight is 276 g/mol. The lowest BCUT2D eigenvalue weighted by Gasteiger charge is -2.04. The number of fused-ring (bicyclic) bond motifs is 1. The largest absolute Gasteiger partial charge is 0.398 e. The van der Waals surface area contributed by atoms with Crippen molar-refractivity contribution < 1.29 is 4.39 Å². The number of hydrogen-bond acceptors (Lipinski definition) is 2. The van der Waals surface area contributed by atoms with Crippen LogP contribution in [0, 0.1) is 5.82 Å². The summed E-state index contributed by atoms with van der Waals surface area (Å²) in [6.07, 6.45) is 0. The van der Waals surface area contributed by atoms with Crippen molar-refractivity contribution in [3.05, 3.63) is 47.2 Å². The van der Waals surface area contributed by atoms with Crippen LogP contribution in [0.5, 0.6) is 0 Å². The number of benzene rings is 2. The van der Waals surface area contributed by atoms with E-state index in [0.29, 0.717) is 22.1 Å². The Hall–Kier alpha value is -2.07. The summed E-state index contributed by atoms with van der Waals surface area (Å²) in [4.78, 5) is 4.34. The predicted molar refractivity (Wildman–Crippen MR) is 75.5 cm³/mol. The van der Waals surface area contributed by atoms with Crippen molar-refractivity contribution in [3.63, 3.8) is 0 Å². The van der Waals surface area contributed by atoms with Crippen LogP contribution in [0.1, 0.15) is 0 Å². The summed E-state index contributed by atoms with van der Waals surface area (Å²) in [5.74, 6) is 0.322. The van der Waals surface area contributed by atoms with Gasteiger partial charge in [0.15, 0.2) is 5.82 Å². The molecule has 3 rings (SSSR count). The zero-order valence-corrected chi connectivity index (χ0v) is 10.9. The first-order chi connectivity index (χ1) is 9.08. The van der Waals surface area contributed by atoms with Gasteiger partial charge in [-0.15, -0.1) is 0 Å². The highest BCUT2D eigenvalue weighted by molar-refractivity contribution is 6.33. The van der Waals surface area contributed by atoms with Gasteiger partial charge >= 0.3 is 0 Å². The fraction of sp³-hybridized carbons (Fsp3) is 0.0714. The van der Waals surface area contributed by atoms with E-state index in [2.05, 4.69) is 4.98 Å². The number of halogens is 2. The lowest BCUT2D eigenvalue weighted by Crippen LogP contribution is -1.93. The Balaban J connectivity index is 2.28. The maximum atomic E-state index is 13.7. The number of para-hydroxylation sites is 1. The molecule has 2 N–H and O–H groups in total. The van der Waals surface area contributed by atoms with Gasteiger partial charge in [-0.3, -0.25) is 0 Å². The summed E-state index contributed by atoms with van der Waals surface area (Å²) in [6, 6.07) is 10.2. The van der Waals surface area contributed by atoms with E-state index in [9.17, 15) is 4.39 Å². The molecule has 0 aliphatic rings. The van der Waals surface area contributed by atoms with Gasteiger partial charge in [-0.1, -0.05) is 17.7 Å². The zero-order chi connectivity index (χ0) is 13.6. The molecule has 0 bridgehead atoms. The zero-order valence-electron chi connectivity index (χ0n) is 10.2. The summed E-state index contributed by atoms with van der Waals surface area (Å²) in [5, 5.41) is 0.463. The fourth-order valence-electron chi connectivity index (χ4n) is 2.10. The molecule has 0 spiro atoms. The van der Waals surface area contributed by atoms with Gasteiger partial charge in [0, 0.05) is 12.6 Å². The van der Waals surface area contributed by atoms with Crippen LogP contribution in [-0.2, 0) is 7.05 Å². The van der Waals surface area contributed by atoms with Crippen molar-refractivity contribution in [2.45, 2.75) is 0 Å². The first-order valence-corrected chi connectivity index (χ1v) is 6.12. The van der Waals surface area contributed by atoms with E-state index in [1.807, 2.05) is 23.7 Å². The Morgan fingerprint density at radius 2 is 2.05 bits per heavy atom. The molecule has 0 aliphatic carbocycles. The number of aryl methyl sites for hydroxylation is 1. The van der Waals surface area contributed by atoms with Gasteiger partial charge in [-0.25, -0.2) is 9.37 Å². The molecule has 0 saturated heterocycles. The van der Waals surface area contributed by atoms with E-state index in [-0.39, 0.29) is 5.82 Å². The number of aromatic nitrogens is 2. The molecule has 0 aliphatic heterocycles. The molecule has 96 valence electrons. The highest BCUT2D eigenvalue weighted by atomic mass is 35.5. The highest BCUT2D eigenvalue weighted by Crippen LogP contribution is 2.29. The molecule has 1 heterocycles. The number of nitrogens with zero attached hydrogens (tertiary/aromatic N) is 2. The summed E-state index contributed by atoms with van der Waals surface area (Å²) >= 11 is 6.01. The highest BCUT2D eigenvalue weighted by Gasteiger charge is 2.13. The third-order valence-corrected chi connectivity index (χ3v) is 3.45. The van der Waals surface area contributed by atoms with Crippen LogP contribution < -0.4 is 5.73 Å². The Morgan fingerprint density at radius 3 is 2.74 bits per heavy atom. The van der Waals surface area contributed by atoms with Crippen LogP contribution >= 0.6 is 11.6 Å². The molecule has 0 radical (unpaired) electrons. The molecular weight excluding hydrogens is 265 g/mol. The first-order valence-electron chi connectivity index (χ1n) is 5.74. The molecule has 0 amide bonds. The quantitative estimate of drug-likeness (QED) is 0.690. The van der Waals surface area contributed by atoms with Crippen molar-refractivity contribution in [2.75, 3.05) is 5.73 Å². The molecule has 0 saturated carbocycles. The summed E-state index contributed by atoms with van der Waals surface area (Å²) in [7, 11) is 1.84. The van der Waals surface area contributed by atoms with Crippen molar-refractivity contribution >= 4 is 28.3 Å². The van der Waals surface area contributed by atoms with Crippen LogP contribution in [0.3, 0.4) is 0 Å². The van der Waals surface area contributed by atoms with E-state index in [0.717, 1.165) is 11.1 Å². The minimum atomic E-state index is -0.333. The van der Waals surface area contributed by atoms with E-state index >= 15 is 0 Å². The fourth-order valence-corrected chi connectivity index (χ4v) is 2.29. The van der Waals surface area contributed by atoms with Crippen LogP contribution in [0.15, 0.2) is 36.4 Å². The maximum Gasteiger partial charge on any atom is 0.151 e. The van der Waals surface area contributed by atoms with Gasteiger partial charge in [0.2, 0.25) is 0 Å². The second-order valence-electron chi connectivity index (χ2n) is 4.34. The van der Waals surface area contributed by atoms with Crippen LogP contribution in [0.25, 0.3) is 22.4 Å². The number of imidazole rings is 1. The molecule has 0 atom stereocenters. The SMILES string of the molecule is Cn1c(-c2ccc(N)c(Cl)c2)nc2c(F)cccc21. The molecule has 1 aromatic heterocycles. The second kappa shape index (κ2) is 4.24. The topological polar surface area (TPSA) is 43.8 Å². The molecule has 2 aromatic carbocycles. The summed E-state index contributed by atoms with van der Waals surface area (Å²) < 4.78 is 15.6. The van der Waals surface area contributed by atoms with Crippen molar-refractivity contribution in [1.82, 2.24) is 9.55 Å². The van der Waals surface area contributed by atoms with E-state index in [4.69, 9.17) is 17.3 Å². The van der Waals surface area contributed by atoms with Gasteiger partial charge < -0.3 is 10.3 Å². The lowest BCUT2D eigenvalue weighted by atomic mass is 10.2. The van der Waals surface area contributed by atoms with Gasteiger partial charge in [0.05, 0.1) is 16.2 Å². The monoisotopic (exact) mass is 275 g/mol. The molecule has 3 nitrogen and oxygen atoms in total. The molecule has 0 fully saturated rings. The Labute approximate surface area is 114 Å². The van der Waals surface area contributed by atoms with Crippen molar-refractivity contribution in [2.24, 2.45) is 7.05 Å². The summed E-state index contributed by atoms with van der Waals surface area (Å²) in [5.41, 5.74) is 8.09. The second-order valence-corrected chi connectivity index (χ2v) is 4.75. The average Bonchev–Trinajstić information content (AvgIpc) is 2.72. The molecule has 3 aromatic rings. The third-order valence-electron chi connectivity index (χ3n) is 3.12. The standard InChI is InChI=1S/C14H11ClFN3/c1-19-12-4-2-3-10(16)13(12)18-14(19)8-5-6-11(17)9(15)7-8/h2-7H,17H2,1H3. The number of anilines is 1. The predicted octanol–water partition coefficient (Wildman–Crippen LogP) is 3.62. The van der Waals surface area contributed by atoms with Gasteiger partial charge in [-0.05, 0) is 30.3 Å². The van der Waals surface area contributed by atoms with Crippen LogP contribution in [0.2, 0.25) is 5.02 Å². The summed E-state index contributed by atoms with van der Waals surface area (Å²) in [6.45, 7) is 0. The lowest BCUT2D eigenvalue weighted by molar-refractivity contribution is 0.637. The van der Waals surface area contributed by atoms with Crippen molar-refractivity contribution in [3.8, 4) is 11.4 Å². The van der Waals surface area contributed by atoms with E-state index < -0.39 is 0 Å². The molecular formula is C14H11ClFN3. The minimum absolute atomic E-state index is 0.333. The number of nitrogen functional groups attached to an aromatic ring is 1. The van der Waals surface area contributed by atoms with E-state index in [1.54, 1.807) is 18.2 Å². The normalized spacial score (nSPS) is 11.1. The number of hydrogen-bond donors (Lipinski definition) is 1. The molecule has 0 unspecified atom stereocenters.